The second-order valence-corrected chi connectivity index (χ2v) is 11.5. The maximum atomic E-state index is 13.7. The number of carbonyl (C=O) groups is 2. The average Bonchev–Trinajstić information content (AvgIpc) is 3.29. The van der Waals surface area contributed by atoms with E-state index in [1.54, 1.807) is 18.2 Å². The second-order valence-electron chi connectivity index (χ2n) is 9.17. The molecule has 1 atom stereocenters. The molecule has 0 unspecified atom stereocenters. The van der Waals surface area contributed by atoms with Gasteiger partial charge in [0.25, 0.3) is 0 Å². The number of aryl methyl sites for hydroxylation is 1. The summed E-state index contributed by atoms with van der Waals surface area (Å²) in [6.07, 6.45) is 5.49. The van der Waals surface area contributed by atoms with E-state index in [2.05, 4.69) is 5.32 Å². The van der Waals surface area contributed by atoms with Crippen LogP contribution in [0.3, 0.4) is 0 Å². The lowest BCUT2D eigenvalue weighted by molar-refractivity contribution is -0.140. The zero-order chi connectivity index (χ0) is 25.6. The minimum Gasteiger partial charge on any atom is -0.352 e. The van der Waals surface area contributed by atoms with E-state index in [0.29, 0.717) is 17.1 Å². The van der Waals surface area contributed by atoms with Gasteiger partial charge >= 0.3 is 0 Å². The van der Waals surface area contributed by atoms with Crippen molar-refractivity contribution in [3.8, 4) is 0 Å². The molecule has 0 spiro atoms. The Balaban J connectivity index is 1.92. The highest BCUT2D eigenvalue weighted by atomic mass is 35.5. The van der Waals surface area contributed by atoms with Crippen molar-refractivity contribution in [2.24, 2.45) is 0 Å². The van der Waals surface area contributed by atoms with Crippen molar-refractivity contribution in [1.82, 2.24) is 10.2 Å². The summed E-state index contributed by atoms with van der Waals surface area (Å²) in [5.74, 6) is -0.653. The van der Waals surface area contributed by atoms with Crippen LogP contribution in [0.15, 0.2) is 48.5 Å². The Hall–Kier alpha value is -2.58. The highest BCUT2D eigenvalue weighted by molar-refractivity contribution is 7.92. The molecule has 2 aromatic rings. The standard InChI is InChI=1S/C26H34ClN3O4S/c1-4-24(26(32)28-22-12-5-6-13-22)29(17-20-10-7-9-19(2)15-20)25(31)18-30(35(3,33)34)23-14-8-11-21(27)16-23/h7-11,14-16,22,24H,4-6,12-13,17-18H2,1-3H3,(H,28,32)/t24-/m0/s1. The van der Waals surface area contributed by atoms with Crippen molar-refractivity contribution in [2.45, 2.75) is 64.6 Å². The van der Waals surface area contributed by atoms with Gasteiger partial charge in [-0.25, -0.2) is 8.42 Å². The molecule has 0 heterocycles. The molecule has 2 amide bonds. The molecule has 35 heavy (non-hydrogen) atoms. The largest absolute Gasteiger partial charge is 0.352 e. The van der Waals surface area contributed by atoms with Crippen LogP contribution in [-0.4, -0.2) is 50.0 Å². The number of rotatable bonds is 10. The Labute approximate surface area is 213 Å². The Morgan fingerprint density at radius 3 is 2.40 bits per heavy atom. The summed E-state index contributed by atoms with van der Waals surface area (Å²) in [5, 5.41) is 3.47. The zero-order valence-corrected chi connectivity index (χ0v) is 22.1. The van der Waals surface area contributed by atoms with Crippen LogP contribution in [0.2, 0.25) is 5.02 Å². The SMILES string of the molecule is CC[C@@H](C(=O)NC1CCCC1)N(Cc1cccc(C)c1)C(=O)CN(c1cccc(Cl)c1)S(C)(=O)=O. The molecule has 190 valence electrons. The van der Waals surface area contributed by atoms with Crippen LogP contribution in [0.4, 0.5) is 5.69 Å². The first-order valence-electron chi connectivity index (χ1n) is 12.0. The highest BCUT2D eigenvalue weighted by Gasteiger charge is 2.33. The van der Waals surface area contributed by atoms with Gasteiger partial charge in [0, 0.05) is 17.6 Å². The average molecular weight is 520 g/mol. The molecule has 7 nitrogen and oxygen atoms in total. The van der Waals surface area contributed by atoms with Gasteiger partial charge in [0.1, 0.15) is 12.6 Å². The van der Waals surface area contributed by atoms with Gasteiger partial charge in [-0.3, -0.25) is 13.9 Å². The number of sulfonamides is 1. The first-order chi connectivity index (χ1) is 16.6. The Morgan fingerprint density at radius 2 is 1.80 bits per heavy atom. The van der Waals surface area contributed by atoms with Gasteiger partial charge < -0.3 is 10.2 Å². The molecule has 1 aliphatic rings. The number of nitrogens with one attached hydrogen (secondary N) is 1. The van der Waals surface area contributed by atoms with E-state index < -0.39 is 28.5 Å². The molecule has 0 bridgehead atoms. The summed E-state index contributed by atoms with van der Waals surface area (Å²) >= 11 is 6.09. The molecule has 2 aromatic carbocycles. The minimum atomic E-state index is -3.79. The van der Waals surface area contributed by atoms with Crippen molar-refractivity contribution in [3.05, 3.63) is 64.7 Å². The normalized spacial score (nSPS) is 15.0. The van der Waals surface area contributed by atoms with E-state index in [9.17, 15) is 18.0 Å². The van der Waals surface area contributed by atoms with E-state index in [0.717, 1.165) is 47.4 Å². The van der Waals surface area contributed by atoms with Gasteiger partial charge in [0.15, 0.2) is 0 Å². The highest BCUT2D eigenvalue weighted by Crippen LogP contribution is 2.23. The van der Waals surface area contributed by atoms with E-state index in [4.69, 9.17) is 11.6 Å². The number of anilines is 1. The van der Waals surface area contributed by atoms with Crippen molar-refractivity contribution in [2.75, 3.05) is 17.1 Å². The van der Waals surface area contributed by atoms with Crippen LogP contribution in [0, 0.1) is 6.92 Å². The fourth-order valence-electron chi connectivity index (χ4n) is 4.54. The molecule has 0 radical (unpaired) electrons. The summed E-state index contributed by atoms with van der Waals surface area (Å²) in [5.41, 5.74) is 2.21. The topological polar surface area (TPSA) is 86.8 Å². The number of halogens is 1. The lowest BCUT2D eigenvalue weighted by Gasteiger charge is -2.33. The van der Waals surface area contributed by atoms with E-state index in [1.165, 1.54) is 11.0 Å². The first-order valence-corrected chi connectivity index (χ1v) is 14.2. The number of carbonyl (C=O) groups excluding carboxylic acids is 2. The molecule has 3 rings (SSSR count). The zero-order valence-electron chi connectivity index (χ0n) is 20.5. The van der Waals surface area contributed by atoms with Crippen LogP contribution >= 0.6 is 11.6 Å². The van der Waals surface area contributed by atoms with Crippen molar-refractivity contribution in [1.29, 1.82) is 0 Å². The van der Waals surface area contributed by atoms with Gasteiger partial charge in [0.05, 0.1) is 11.9 Å². The second kappa shape index (κ2) is 11.9. The molecular formula is C26H34ClN3O4S. The third-order valence-electron chi connectivity index (χ3n) is 6.30. The Kier molecular flexibility index (Phi) is 9.19. The Bertz CT molecular complexity index is 1150. The number of nitrogens with zero attached hydrogens (tertiary/aromatic N) is 2. The fourth-order valence-corrected chi connectivity index (χ4v) is 5.57. The number of hydrogen-bond acceptors (Lipinski definition) is 4. The summed E-state index contributed by atoms with van der Waals surface area (Å²) in [7, 11) is -3.79. The van der Waals surface area contributed by atoms with Crippen LogP contribution in [0.25, 0.3) is 0 Å². The van der Waals surface area contributed by atoms with Crippen LogP contribution < -0.4 is 9.62 Å². The first kappa shape index (κ1) is 27.0. The smallest absolute Gasteiger partial charge is 0.244 e. The lowest BCUT2D eigenvalue weighted by atomic mass is 10.1. The van der Waals surface area contributed by atoms with Crippen molar-refractivity contribution in [3.63, 3.8) is 0 Å². The number of benzene rings is 2. The van der Waals surface area contributed by atoms with Crippen LogP contribution in [0.5, 0.6) is 0 Å². The molecular weight excluding hydrogens is 486 g/mol. The van der Waals surface area contributed by atoms with Gasteiger partial charge in [-0.15, -0.1) is 0 Å². The third-order valence-corrected chi connectivity index (χ3v) is 7.67. The van der Waals surface area contributed by atoms with Gasteiger partial charge in [-0.05, 0) is 49.9 Å². The Morgan fingerprint density at radius 1 is 1.11 bits per heavy atom. The predicted octanol–water partition coefficient (Wildman–Crippen LogP) is 4.28. The van der Waals surface area contributed by atoms with E-state index in [1.807, 2.05) is 38.1 Å². The van der Waals surface area contributed by atoms with E-state index in [-0.39, 0.29) is 18.5 Å². The maximum absolute atomic E-state index is 13.7. The van der Waals surface area contributed by atoms with Gasteiger partial charge in [-0.1, -0.05) is 67.3 Å². The molecule has 1 N–H and O–H groups in total. The molecule has 0 aliphatic heterocycles. The lowest BCUT2D eigenvalue weighted by Crippen LogP contribution is -2.53. The molecule has 0 aromatic heterocycles. The minimum absolute atomic E-state index is 0.117. The summed E-state index contributed by atoms with van der Waals surface area (Å²) in [6, 6.07) is 13.5. The molecule has 9 heteroatoms. The quantitative estimate of drug-likeness (QED) is 0.507. The van der Waals surface area contributed by atoms with Crippen LogP contribution in [-0.2, 0) is 26.2 Å². The van der Waals surface area contributed by atoms with Crippen LogP contribution in [0.1, 0.15) is 50.2 Å². The van der Waals surface area contributed by atoms with Gasteiger partial charge in [0.2, 0.25) is 21.8 Å². The summed E-state index contributed by atoms with van der Waals surface area (Å²) < 4.78 is 26.3. The monoisotopic (exact) mass is 519 g/mol. The van der Waals surface area contributed by atoms with E-state index >= 15 is 0 Å². The number of amides is 2. The fraction of sp³-hybridized carbons (Fsp3) is 0.462. The molecule has 1 saturated carbocycles. The molecule has 1 aliphatic carbocycles. The van der Waals surface area contributed by atoms with Gasteiger partial charge in [-0.2, -0.15) is 0 Å². The summed E-state index contributed by atoms with van der Waals surface area (Å²) in [4.78, 5) is 28.5. The number of hydrogen-bond donors (Lipinski definition) is 1. The molecule has 1 fully saturated rings. The van der Waals surface area contributed by atoms with Crippen molar-refractivity contribution >= 4 is 39.1 Å². The maximum Gasteiger partial charge on any atom is 0.244 e. The predicted molar refractivity (Wildman–Crippen MR) is 140 cm³/mol. The third kappa shape index (κ3) is 7.45. The molecule has 0 saturated heterocycles. The van der Waals surface area contributed by atoms with Crippen molar-refractivity contribution < 1.29 is 18.0 Å². The summed E-state index contributed by atoms with van der Waals surface area (Å²) in [6.45, 7) is 3.59.